The van der Waals surface area contributed by atoms with Crippen LogP contribution in [0.3, 0.4) is 0 Å². The standard InChI is InChI=1S/C15H16N2O/c16-9-8-11-4-6-12(7-5-11)13-2-1-3-14(10-13)15(17)18/h1-7,10H,8-9,16H2,(H2,17,18). The molecule has 2 rings (SSSR count). The lowest BCUT2D eigenvalue weighted by molar-refractivity contribution is 0.100. The van der Waals surface area contributed by atoms with E-state index in [-0.39, 0.29) is 0 Å². The maximum Gasteiger partial charge on any atom is 0.248 e. The molecule has 0 aliphatic rings. The van der Waals surface area contributed by atoms with Crippen LogP contribution >= 0.6 is 0 Å². The first-order valence-electron chi connectivity index (χ1n) is 5.90. The minimum atomic E-state index is -0.406. The second-order valence-electron chi connectivity index (χ2n) is 4.18. The zero-order chi connectivity index (χ0) is 13.0. The summed E-state index contributed by atoms with van der Waals surface area (Å²) in [4.78, 5) is 11.1. The number of benzene rings is 2. The summed E-state index contributed by atoms with van der Waals surface area (Å²) in [6, 6.07) is 15.5. The van der Waals surface area contributed by atoms with Gasteiger partial charge in [-0.3, -0.25) is 4.79 Å². The lowest BCUT2D eigenvalue weighted by atomic mass is 10.0. The van der Waals surface area contributed by atoms with Crippen LogP contribution in [0.5, 0.6) is 0 Å². The Morgan fingerprint density at radius 2 is 1.72 bits per heavy atom. The average molecular weight is 240 g/mol. The molecule has 0 atom stereocenters. The minimum Gasteiger partial charge on any atom is -0.366 e. The van der Waals surface area contributed by atoms with Crippen molar-refractivity contribution in [3.05, 3.63) is 59.7 Å². The predicted octanol–water partition coefficient (Wildman–Crippen LogP) is 1.95. The smallest absolute Gasteiger partial charge is 0.248 e. The largest absolute Gasteiger partial charge is 0.366 e. The summed E-state index contributed by atoms with van der Waals surface area (Å²) in [6.07, 6.45) is 0.877. The lowest BCUT2D eigenvalue weighted by Gasteiger charge is -2.05. The number of carbonyl (C=O) groups excluding carboxylic acids is 1. The molecule has 3 nitrogen and oxygen atoms in total. The zero-order valence-corrected chi connectivity index (χ0v) is 10.1. The van der Waals surface area contributed by atoms with Gasteiger partial charge in [0.1, 0.15) is 0 Å². The maximum absolute atomic E-state index is 11.1. The van der Waals surface area contributed by atoms with Crippen LogP contribution in [0.15, 0.2) is 48.5 Å². The Bertz CT molecular complexity index is 547. The van der Waals surface area contributed by atoms with Crippen LogP contribution in [0.1, 0.15) is 15.9 Å². The van der Waals surface area contributed by atoms with Gasteiger partial charge in [-0.2, -0.15) is 0 Å². The molecule has 18 heavy (non-hydrogen) atoms. The highest BCUT2D eigenvalue weighted by atomic mass is 16.1. The van der Waals surface area contributed by atoms with Crippen molar-refractivity contribution in [1.82, 2.24) is 0 Å². The molecule has 0 aromatic heterocycles. The monoisotopic (exact) mass is 240 g/mol. The average Bonchev–Trinajstić information content (AvgIpc) is 2.40. The van der Waals surface area contributed by atoms with Crippen molar-refractivity contribution in [1.29, 1.82) is 0 Å². The van der Waals surface area contributed by atoms with Gasteiger partial charge in [0.05, 0.1) is 0 Å². The summed E-state index contributed by atoms with van der Waals surface area (Å²) in [7, 11) is 0. The molecule has 92 valence electrons. The van der Waals surface area contributed by atoms with E-state index in [1.165, 1.54) is 5.56 Å². The fourth-order valence-electron chi connectivity index (χ4n) is 1.88. The van der Waals surface area contributed by atoms with Crippen molar-refractivity contribution in [2.75, 3.05) is 6.54 Å². The number of rotatable bonds is 4. The van der Waals surface area contributed by atoms with E-state index in [0.29, 0.717) is 12.1 Å². The van der Waals surface area contributed by atoms with Gasteiger partial charge in [0.15, 0.2) is 0 Å². The Hall–Kier alpha value is -2.13. The Morgan fingerprint density at radius 1 is 1.00 bits per heavy atom. The molecule has 0 spiro atoms. The second kappa shape index (κ2) is 5.47. The first-order valence-corrected chi connectivity index (χ1v) is 5.90. The summed E-state index contributed by atoms with van der Waals surface area (Å²) in [5.41, 5.74) is 14.6. The summed E-state index contributed by atoms with van der Waals surface area (Å²) in [6.45, 7) is 0.649. The summed E-state index contributed by atoms with van der Waals surface area (Å²) in [5, 5.41) is 0. The van der Waals surface area contributed by atoms with Gasteiger partial charge in [-0.05, 0) is 41.8 Å². The number of nitrogens with two attached hydrogens (primary N) is 2. The molecule has 0 radical (unpaired) electrons. The zero-order valence-electron chi connectivity index (χ0n) is 10.1. The van der Waals surface area contributed by atoms with Gasteiger partial charge in [-0.25, -0.2) is 0 Å². The van der Waals surface area contributed by atoms with Gasteiger partial charge >= 0.3 is 0 Å². The van der Waals surface area contributed by atoms with Crippen LogP contribution < -0.4 is 11.5 Å². The van der Waals surface area contributed by atoms with Gasteiger partial charge in [0, 0.05) is 5.56 Å². The highest BCUT2D eigenvalue weighted by Gasteiger charge is 2.03. The van der Waals surface area contributed by atoms with E-state index in [2.05, 4.69) is 12.1 Å². The van der Waals surface area contributed by atoms with E-state index in [1.807, 2.05) is 24.3 Å². The molecule has 1 amide bonds. The molecular weight excluding hydrogens is 224 g/mol. The number of hydrogen-bond donors (Lipinski definition) is 2. The van der Waals surface area contributed by atoms with Crippen LogP contribution in [-0.2, 0) is 6.42 Å². The first-order chi connectivity index (χ1) is 8.70. The normalized spacial score (nSPS) is 10.3. The Balaban J connectivity index is 2.30. The maximum atomic E-state index is 11.1. The van der Waals surface area contributed by atoms with Crippen molar-refractivity contribution in [3.63, 3.8) is 0 Å². The van der Waals surface area contributed by atoms with Crippen molar-refractivity contribution in [2.24, 2.45) is 11.5 Å². The first kappa shape index (κ1) is 12.3. The summed E-state index contributed by atoms with van der Waals surface area (Å²) >= 11 is 0. The molecular formula is C15H16N2O. The van der Waals surface area contributed by atoms with E-state index in [9.17, 15) is 4.79 Å². The SMILES string of the molecule is NCCc1ccc(-c2cccc(C(N)=O)c2)cc1. The number of amides is 1. The third-order valence-corrected chi connectivity index (χ3v) is 2.87. The molecule has 0 unspecified atom stereocenters. The lowest BCUT2D eigenvalue weighted by Crippen LogP contribution is -2.10. The van der Waals surface area contributed by atoms with Gasteiger partial charge in [-0.15, -0.1) is 0 Å². The Morgan fingerprint density at radius 3 is 2.33 bits per heavy atom. The molecule has 0 bridgehead atoms. The molecule has 2 aromatic rings. The van der Waals surface area contributed by atoms with Crippen molar-refractivity contribution in [3.8, 4) is 11.1 Å². The fourth-order valence-corrected chi connectivity index (χ4v) is 1.88. The summed E-state index contributed by atoms with van der Waals surface area (Å²) < 4.78 is 0. The molecule has 0 saturated carbocycles. The minimum absolute atomic E-state index is 0.406. The molecule has 2 aromatic carbocycles. The van der Waals surface area contributed by atoms with E-state index in [1.54, 1.807) is 12.1 Å². The molecule has 0 fully saturated rings. The van der Waals surface area contributed by atoms with Crippen molar-refractivity contribution < 1.29 is 4.79 Å². The third-order valence-electron chi connectivity index (χ3n) is 2.87. The number of hydrogen-bond acceptors (Lipinski definition) is 2. The van der Waals surface area contributed by atoms with Crippen LogP contribution in [0.2, 0.25) is 0 Å². The molecule has 0 aliphatic carbocycles. The predicted molar refractivity (Wildman–Crippen MR) is 73.2 cm³/mol. The van der Waals surface area contributed by atoms with Crippen LogP contribution in [-0.4, -0.2) is 12.5 Å². The molecule has 4 N–H and O–H groups in total. The Labute approximate surface area is 106 Å². The van der Waals surface area contributed by atoms with Crippen LogP contribution in [0.4, 0.5) is 0 Å². The van der Waals surface area contributed by atoms with Gasteiger partial charge in [-0.1, -0.05) is 36.4 Å². The van der Waals surface area contributed by atoms with E-state index in [4.69, 9.17) is 11.5 Å². The van der Waals surface area contributed by atoms with Crippen LogP contribution in [0, 0.1) is 0 Å². The van der Waals surface area contributed by atoms with E-state index in [0.717, 1.165) is 17.5 Å². The molecule has 0 heterocycles. The third kappa shape index (κ3) is 2.76. The van der Waals surface area contributed by atoms with Crippen molar-refractivity contribution >= 4 is 5.91 Å². The van der Waals surface area contributed by atoms with Crippen LogP contribution in [0.25, 0.3) is 11.1 Å². The Kier molecular flexibility index (Phi) is 3.75. The van der Waals surface area contributed by atoms with E-state index < -0.39 is 5.91 Å². The highest BCUT2D eigenvalue weighted by Crippen LogP contribution is 2.21. The topological polar surface area (TPSA) is 69.1 Å². The van der Waals surface area contributed by atoms with Gasteiger partial charge < -0.3 is 11.5 Å². The van der Waals surface area contributed by atoms with Gasteiger partial charge in [0.2, 0.25) is 5.91 Å². The van der Waals surface area contributed by atoms with Crippen molar-refractivity contribution in [2.45, 2.75) is 6.42 Å². The van der Waals surface area contributed by atoms with E-state index >= 15 is 0 Å². The number of carbonyl (C=O) groups is 1. The molecule has 0 saturated heterocycles. The highest BCUT2D eigenvalue weighted by molar-refractivity contribution is 5.94. The number of primary amides is 1. The van der Waals surface area contributed by atoms with Gasteiger partial charge in [0.25, 0.3) is 0 Å². The quantitative estimate of drug-likeness (QED) is 0.857. The second-order valence-corrected chi connectivity index (χ2v) is 4.18. The summed E-state index contributed by atoms with van der Waals surface area (Å²) in [5.74, 6) is -0.406. The molecule has 0 aliphatic heterocycles. The fraction of sp³-hybridized carbons (Fsp3) is 0.133. The molecule has 3 heteroatoms.